The van der Waals surface area contributed by atoms with E-state index < -0.39 is 30.2 Å². The summed E-state index contributed by atoms with van der Waals surface area (Å²) in [4.78, 5) is 3.59. The molecule has 1 aromatic rings. The molecule has 0 aromatic carbocycles. The number of nitrogens with one attached hydrogen (secondary N) is 1. The Morgan fingerprint density at radius 3 is 2.84 bits per heavy atom. The van der Waals surface area contributed by atoms with Crippen LogP contribution in [0.15, 0.2) is 12.1 Å². The highest BCUT2D eigenvalue weighted by Gasteiger charge is 2.41. The van der Waals surface area contributed by atoms with Crippen LogP contribution in [0.2, 0.25) is 0 Å². The van der Waals surface area contributed by atoms with Crippen molar-refractivity contribution in [2.45, 2.75) is 37.5 Å². The van der Waals surface area contributed by atoms with Crippen molar-refractivity contribution in [3.05, 3.63) is 29.1 Å². The van der Waals surface area contributed by atoms with Gasteiger partial charge in [-0.25, -0.2) is 9.37 Å². The van der Waals surface area contributed by atoms with Crippen LogP contribution < -0.4 is 5.32 Å². The van der Waals surface area contributed by atoms with Gasteiger partial charge in [-0.1, -0.05) is 6.07 Å². The summed E-state index contributed by atoms with van der Waals surface area (Å²) in [6, 6.07) is 1.89. The molecule has 1 aromatic heterocycles. The van der Waals surface area contributed by atoms with Gasteiger partial charge in [-0.3, -0.25) is 0 Å². The van der Waals surface area contributed by atoms with E-state index in [1.807, 2.05) is 0 Å². The van der Waals surface area contributed by atoms with Crippen LogP contribution in [0, 0.1) is 0 Å². The number of hydrogen-bond acceptors (Lipinski definition) is 3. The third-order valence-corrected chi connectivity index (χ3v) is 3.52. The number of hydrogen-bond donors (Lipinski definition) is 1. The Labute approximate surface area is 107 Å². The molecule has 0 bridgehead atoms. The Kier molecular flexibility index (Phi) is 2.98. The summed E-state index contributed by atoms with van der Waals surface area (Å²) in [5, 5.41) is 3.08. The Morgan fingerprint density at radius 1 is 1.32 bits per heavy atom. The fraction of sp³-hybridized carbons (Fsp3) is 0.583. The van der Waals surface area contributed by atoms with Crippen LogP contribution in [0.5, 0.6) is 0 Å². The Balaban J connectivity index is 1.96. The van der Waals surface area contributed by atoms with E-state index >= 15 is 0 Å². The number of pyridine rings is 1. The topological polar surface area (TPSA) is 34.2 Å². The van der Waals surface area contributed by atoms with E-state index in [1.165, 1.54) is 6.07 Å². The second-order valence-electron chi connectivity index (χ2n) is 4.74. The summed E-state index contributed by atoms with van der Waals surface area (Å²) in [6.07, 6.45) is -5.86. The van der Waals surface area contributed by atoms with Crippen molar-refractivity contribution >= 4 is 0 Å². The van der Waals surface area contributed by atoms with Gasteiger partial charge in [-0.2, -0.15) is 13.2 Å². The predicted octanol–water partition coefficient (Wildman–Crippen LogP) is 2.37. The first-order chi connectivity index (χ1) is 8.97. The monoisotopic (exact) mass is 276 g/mol. The van der Waals surface area contributed by atoms with Gasteiger partial charge in [0, 0.05) is 0 Å². The van der Waals surface area contributed by atoms with Crippen molar-refractivity contribution in [3.8, 4) is 0 Å². The third kappa shape index (κ3) is 2.21. The number of piperidine rings is 1. The van der Waals surface area contributed by atoms with Crippen LogP contribution in [0.25, 0.3) is 0 Å². The van der Waals surface area contributed by atoms with Gasteiger partial charge in [-0.05, 0) is 24.6 Å². The van der Waals surface area contributed by atoms with E-state index in [-0.39, 0.29) is 12.3 Å². The van der Waals surface area contributed by atoms with Crippen LogP contribution in [-0.4, -0.2) is 23.8 Å². The summed E-state index contributed by atoms with van der Waals surface area (Å²) in [7, 11) is 0. The molecule has 0 amide bonds. The van der Waals surface area contributed by atoms with Crippen LogP contribution in [0.1, 0.15) is 29.4 Å². The molecule has 0 saturated carbocycles. The molecular formula is C12H12F4N2O. The number of fused-ring (bicyclic) bond motifs is 3. The number of halogens is 4. The molecule has 1 N–H and O–H groups in total. The molecule has 104 valence electrons. The molecule has 3 atom stereocenters. The Bertz CT molecular complexity index is 491. The number of ether oxygens (including phenoxy) is 1. The highest BCUT2D eigenvalue weighted by Crippen LogP contribution is 2.36. The quantitative estimate of drug-likeness (QED) is 0.739. The molecule has 0 radical (unpaired) electrons. The van der Waals surface area contributed by atoms with Crippen molar-refractivity contribution in [3.63, 3.8) is 0 Å². The van der Waals surface area contributed by atoms with E-state index in [0.29, 0.717) is 18.5 Å². The fourth-order valence-electron chi connectivity index (χ4n) is 2.60. The predicted molar refractivity (Wildman–Crippen MR) is 58.1 cm³/mol. The number of rotatable bonds is 0. The first kappa shape index (κ1) is 12.8. The summed E-state index contributed by atoms with van der Waals surface area (Å²) in [5.41, 5.74) is -0.106. The maximum atomic E-state index is 13.7. The zero-order chi connectivity index (χ0) is 13.6. The summed E-state index contributed by atoms with van der Waals surface area (Å²) < 4.78 is 56.8. The van der Waals surface area contributed by atoms with E-state index in [2.05, 4.69) is 10.3 Å². The van der Waals surface area contributed by atoms with Gasteiger partial charge in [0.25, 0.3) is 0 Å². The van der Waals surface area contributed by atoms with Crippen molar-refractivity contribution in [1.29, 1.82) is 0 Å². The zero-order valence-corrected chi connectivity index (χ0v) is 9.88. The minimum absolute atomic E-state index is 0.0808. The van der Waals surface area contributed by atoms with Gasteiger partial charge in [0.1, 0.15) is 18.0 Å². The van der Waals surface area contributed by atoms with Gasteiger partial charge in [0.05, 0.1) is 18.3 Å². The molecule has 2 aliphatic heterocycles. The summed E-state index contributed by atoms with van der Waals surface area (Å²) in [6.45, 7) is 0.397. The summed E-state index contributed by atoms with van der Waals surface area (Å²) in [5.74, 6) is 0. The van der Waals surface area contributed by atoms with Gasteiger partial charge >= 0.3 is 6.18 Å². The molecule has 1 fully saturated rings. The van der Waals surface area contributed by atoms with Gasteiger partial charge < -0.3 is 10.1 Å². The highest BCUT2D eigenvalue weighted by atomic mass is 19.4. The normalized spacial score (nSPS) is 30.6. The molecule has 2 aliphatic rings. The van der Waals surface area contributed by atoms with Crippen LogP contribution in [0.3, 0.4) is 0 Å². The van der Waals surface area contributed by atoms with Gasteiger partial charge in [-0.15, -0.1) is 0 Å². The summed E-state index contributed by atoms with van der Waals surface area (Å²) >= 11 is 0. The van der Waals surface area contributed by atoms with Crippen molar-refractivity contribution in [1.82, 2.24) is 10.3 Å². The molecule has 19 heavy (non-hydrogen) atoms. The number of nitrogens with zero attached hydrogens (tertiary/aromatic N) is 1. The van der Waals surface area contributed by atoms with Crippen molar-refractivity contribution < 1.29 is 22.3 Å². The molecule has 0 spiro atoms. The lowest BCUT2D eigenvalue weighted by molar-refractivity contribution is -0.141. The van der Waals surface area contributed by atoms with E-state index in [1.54, 1.807) is 0 Å². The minimum Gasteiger partial charge on any atom is -0.367 e. The molecule has 1 saturated heterocycles. The van der Waals surface area contributed by atoms with Crippen molar-refractivity contribution in [2.24, 2.45) is 0 Å². The highest BCUT2D eigenvalue weighted by molar-refractivity contribution is 5.30. The number of alkyl halides is 4. The third-order valence-electron chi connectivity index (χ3n) is 3.52. The van der Waals surface area contributed by atoms with Crippen LogP contribution in [-0.2, 0) is 17.5 Å². The molecule has 0 unspecified atom stereocenters. The van der Waals surface area contributed by atoms with Crippen molar-refractivity contribution in [2.75, 3.05) is 6.54 Å². The van der Waals surface area contributed by atoms with Gasteiger partial charge in [0.15, 0.2) is 0 Å². The second-order valence-corrected chi connectivity index (χ2v) is 4.74. The Hall–Kier alpha value is -1.21. The van der Waals surface area contributed by atoms with E-state index in [0.717, 1.165) is 6.07 Å². The minimum atomic E-state index is -4.48. The fourth-order valence-corrected chi connectivity index (χ4v) is 2.60. The van der Waals surface area contributed by atoms with Crippen LogP contribution in [0.4, 0.5) is 17.6 Å². The SMILES string of the molecule is F[C@H]1CCN[C@H]2c3ccc(C(F)(F)F)nc3CO[C@@H]12. The zero-order valence-electron chi connectivity index (χ0n) is 9.88. The molecule has 3 rings (SSSR count). The first-order valence-electron chi connectivity index (χ1n) is 6.03. The van der Waals surface area contributed by atoms with Gasteiger partial charge in [0.2, 0.25) is 0 Å². The average molecular weight is 276 g/mol. The second kappa shape index (κ2) is 4.42. The molecular weight excluding hydrogens is 264 g/mol. The number of aromatic nitrogens is 1. The maximum absolute atomic E-state index is 13.7. The maximum Gasteiger partial charge on any atom is 0.433 e. The lowest BCUT2D eigenvalue weighted by Gasteiger charge is -2.39. The molecule has 0 aliphatic carbocycles. The lowest BCUT2D eigenvalue weighted by Crippen LogP contribution is -2.48. The smallest absolute Gasteiger partial charge is 0.367 e. The standard InChI is InChI=1S/C12H12F4N2O/c13-7-3-4-17-10-6-1-2-9(12(14,15)16)18-8(6)5-19-11(7)10/h1-2,7,10-11,17H,3-5H2/t7-,10-,11-/m0/s1. The molecule has 7 heteroatoms. The Morgan fingerprint density at radius 2 is 2.11 bits per heavy atom. The first-order valence-corrected chi connectivity index (χ1v) is 6.03. The lowest BCUT2D eigenvalue weighted by atomic mass is 9.90. The van der Waals surface area contributed by atoms with E-state index in [9.17, 15) is 17.6 Å². The van der Waals surface area contributed by atoms with Crippen LogP contribution >= 0.6 is 0 Å². The largest absolute Gasteiger partial charge is 0.433 e. The van der Waals surface area contributed by atoms with E-state index in [4.69, 9.17) is 4.74 Å². The molecule has 3 heterocycles. The average Bonchev–Trinajstić information content (AvgIpc) is 2.37. The molecule has 3 nitrogen and oxygen atoms in total.